The maximum absolute atomic E-state index is 14.2. The van der Waals surface area contributed by atoms with Gasteiger partial charge in [0, 0.05) is 18.7 Å². The van der Waals surface area contributed by atoms with Gasteiger partial charge in [0.25, 0.3) is 11.6 Å². The number of amides is 1. The Morgan fingerprint density at radius 3 is 2.78 bits per heavy atom. The predicted molar refractivity (Wildman–Crippen MR) is 98.3 cm³/mol. The molecule has 0 spiro atoms. The van der Waals surface area contributed by atoms with Crippen LogP contribution in [0.1, 0.15) is 11.1 Å². The molecule has 0 radical (unpaired) electrons. The third kappa shape index (κ3) is 4.32. The number of rotatable bonds is 6. The van der Waals surface area contributed by atoms with E-state index in [4.69, 9.17) is 4.74 Å². The molecule has 2 aromatic rings. The number of nitro groups is 1. The van der Waals surface area contributed by atoms with Gasteiger partial charge >= 0.3 is 0 Å². The van der Waals surface area contributed by atoms with Crippen molar-refractivity contribution in [2.45, 2.75) is 13.1 Å². The number of nitrogens with zero attached hydrogens (tertiary/aromatic N) is 2. The van der Waals surface area contributed by atoms with E-state index < -0.39 is 4.92 Å². The van der Waals surface area contributed by atoms with Crippen LogP contribution in [0.25, 0.3) is 0 Å². The number of nitrogens with one attached hydrogen (secondary N) is 2. The van der Waals surface area contributed by atoms with Gasteiger partial charge in [0.1, 0.15) is 11.5 Å². The molecule has 0 unspecified atom stereocenters. The van der Waals surface area contributed by atoms with Gasteiger partial charge in [-0.1, -0.05) is 12.1 Å². The third-order valence-corrected chi connectivity index (χ3v) is 4.01. The van der Waals surface area contributed by atoms with Crippen LogP contribution in [0.4, 0.5) is 21.5 Å². The van der Waals surface area contributed by atoms with Crippen LogP contribution in [-0.2, 0) is 17.9 Å². The fourth-order valence-corrected chi connectivity index (χ4v) is 2.78. The second-order valence-corrected chi connectivity index (χ2v) is 6.48. The Morgan fingerprint density at radius 2 is 2.11 bits per heavy atom. The summed E-state index contributed by atoms with van der Waals surface area (Å²) in [6.07, 6.45) is 0. The van der Waals surface area contributed by atoms with Gasteiger partial charge in [-0.3, -0.25) is 14.9 Å². The minimum Gasteiger partial charge on any atom is -0.481 e. The Balaban J connectivity index is 1.81. The van der Waals surface area contributed by atoms with Crippen LogP contribution in [0.3, 0.4) is 0 Å². The fraction of sp³-hybridized carbons (Fsp3) is 0.278. The molecule has 0 bridgehead atoms. The van der Waals surface area contributed by atoms with Crippen LogP contribution >= 0.6 is 0 Å². The molecule has 0 aliphatic carbocycles. The highest BCUT2D eigenvalue weighted by atomic mass is 19.1. The number of carbonyl (C=O) groups is 1. The highest BCUT2D eigenvalue weighted by Crippen LogP contribution is 2.38. The topological polar surface area (TPSA) is 96.7 Å². The molecule has 9 heteroatoms. The Hall–Kier alpha value is -3.20. The van der Waals surface area contributed by atoms with Crippen molar-refractivity contribution >= 4 is 23.0 Å². The lowest BCUT2D eigenvalue weighted by molar-refractivity contribution is -0.384. The van der Waals surface area contributed by atoms with E-state index in [9.17, 15) is 19.3 Å². The van der Waals surface area contributed by atoms with Crippen LogP contribution in [0.5, 0.6) is 5.75 Å². The van der Waals surface area contributed by atoms with E-state index in [0.717, 1.165) is 0 Å². The summed E-state index contributed by atoms with van der Waals surface area (Å²) >= 11 is 0. The molecule has 0 saturated carbocycles. The second-order valence-electron chi connectivity index (χ2n) is 6.48. The number of hydrogen-bond acceptors (Lipinski definition) is 6. The minimum absolute atomic E-state index is 0.185. The van der Waals surface area contributed by atoms with Gasteiger partial charge in [-0.2, -0.15) is 0 Å². The molecule has 0 fully saturated rings. The molecule has 3 rings (SSSR count). The summed E-state index contributed by atoms with van der Waals surface area (Å²) in [6, 6.07) is 7.58. The van der Waals surface area contributed by atoms with Crippen LogP contribution in [0.2, 0.25) is 0 Å². The first-order chi connectivity index (χ1) is 12.8. The summed E-state index contributed by atoms with van der Waals surface area (Å²) in [6.45, 7) is 0.485. The molecule has 0 saturated heterocycles. The van der Waals surface area contributed by atoms with Crippen molar-refractivity contribution in [3.63, 3.8) is 0 Å². The van der Waals surface area contributed by atoms with Gasteiger partial charge in [0.15, 0.2) is 12.4 Å². The molecule has 142 valence electrons. The molecule has 27 heavy (non-hydrogen) atoms. The molecular weight excluding hydrogens is 355 g/mol. The van der Waals surface area contributed by atoms with E-state index in [1.807, 2.05) is 19.0 Å². The first-order valence-corrected chi connectivity index (χ1v) is 8.24. The second kappa shape index (κ2) is 7.58. The van der Waals surface area contributed by atoms with Crippen LogP contribution in [0.15, 0.2) is 30.3 Å². The molecule has 2 N–H and O–H groups in total. The predicted octanol–water partition coefficient (Wildman–Crippen LogP) is 2.74. The Labute approximate surface area is 155 Å². The van der Waals surface area contributed by atoms with Crippen molar-refractivity contribution in [1.82, 2.24) is 4.90 Å². The number of fused-ring (bicyclic) bond motifs is 1. The number of hydrogen-bond donors (Lipinski definition) is 2. The summed E-state index contributed by atoms with van der Waals surface area (Å²) in [4.78, 5) is 24.1. The Bertz CT molecular complexity index is 901. The summed E-state index contributed by atoms with van der Waals surface area (Å²) < 4.78 is 19.4. The molecule has 0 atom stereocenters. The lowest BCUT2D eigenvalue weighted by Gasteiger charge is -2.19. The highest BCUT2D eigenvalue weighted by molar-refractivity contribution is 5.96. The smallest absolute Gasteiger partial charge is 0.296 e. The highest BCUT2D eigenvalue weighted by Gasteiger charge is 2.23. The van der Waals surface area contributed by atoms with Crippen LogP contribution in [-0.4, -0.2) is 36.4 Å². The van der Waals surface area contributed by atoms with Crippen molar-refractivity contribution in [1.29, 1.82) is 0 Å². The average molecular weight is 374 g/mol. The molecule has 8 nitrogen and oxygen atoms in total. The van der Waals surface area contributed by atoms with Crippen molar-refractivity contribution in [3.8, 4) is 5.75 Å². The number of halogens is 1. The van der Waals surface area contributed by atoms with E-state index in [1.165, 1.54) is 18.2 Å². The maximum Gasteiger partial charge on any atom is 0.296 e. The zero-order valence-electron chi connectivity index (χ0n) is 14.9. The van der Waals surface area contributed by atoms with Gasteiger partial charge < -0.3 is 20.3 Å². The van der Waals surface area contributed by atoms with E-state index >= 15 is 0 Å². The number of nitro benzene ring substituents is 1. The van der Waals surface area contributed by atoms with Crippen molar-refractivity contribution in [2.24, 2.45) is 0 Å². The van der Waals surface area contributed by atoms with Gasteiger partial charge in [-0.05, 0) is 31.8 Å². The molecule has 1 heterocycles. The Morgan fingerprint density at radius 1 is 1.33 bits per heavy atom. The first kappa shape index (κ1) is 18.6. The van der Waals surface area contributed by atoms with Gasteiger partial charge in [0.2, 0.25) is 0 Å². The van der Waals surface area contributed by atoms with E-state index in [0.29, 0.717) is 23.4 Å². The first-order valence-electron chi connectivity index (χ1n) is 8.24. The summed E-state index contributed by atoms with van der Waals surface area (Å²) in [7, 11) is 3.71. The molecule has 2 aromatic carbocycles. The van der Waals surface area contributed by atoms with Crippen molar-refractivity contribution < 1.29 is 18.8 Å². The van der Waals surface area contributed by atoms with Crippen molar-refractivity contribution in [2.75, 3.05) is 31.3 Å². The fourth-order valence-electron chi connectivity index (χ4n) is 2.78. The molecule has 1 amide bonds. The van der Waals surface area contributed by atoms with E-state index in [-0.39, 0.29) is 42.0 Å². The quantitative estimate of drug-likeness (QED) is 0.596. The normalized spacial score (nSPS) is 13.0. The average Bonchev–Trinajstić information content (AvgIpc) is 2.60. The SMILES string of the molecule is CN(C)Cc1ccc(CNc2cc3c(cc2[N+](=O)[O-])OCC(=O)N3)cc1F. The minimum atomic E-state index is -0.539. The Kier molecular flexibility index (Phi) is 5.22. The zero-order valence-corrected chi connectivity index (χ0v) is 14.9. The number of ether oxygens (including phenoxy) is 1. The largest absolute Gasteiger partial charge is 0.481 e. The van der Waals surface area contributed by atoms with Gasteiger partial charge in [-0.25, -0.2) is 4.39 Å². The lowest BCUT2D eigenvalue weighted by atomic mass is 10.1. The van der Waals surface area contributed by atoms with Gasteiger partial charge in [-0.15, -0.1) is 0 Å². The molecular formula is C18H19FN4O4. The maximum atomic E-state index is 14.2. The summed E-state index contributed by atoms with van der Waals surface area (Å²) in [5.74, 6) is -0.421. The number of carbonyl (C=O) groups excluding carboxylic acids is 1. The van der Waals surface area contributed by atoms with Gasteiger partial charge in [0.05, 0.1) is 16.7 Å². The molecule has 1 aliphatic heterocycles. The summed E-state index contributed by atoms with van der Waals surface area (Å²) in [5.41, 5.74) is 1.59. The number of anilines is 2. The number of benzene rings is 2. The monoisotopic (exact) mass is 374 g/mol. The molecule has 0 aromatic heterocycles. The standard InChI is InChI=1S/C18H19FN4O4/c1-22(2)9-12-4-3-11(5-13(12)19)8-20-14-6-15-17(7-16(14)23(25)26)27-10-18(24)21-15/h3-7,20H,8-10H2,1-2H3,(H,21,24). The van der Waals surface area contributed by atoms with Crippen LogP contribution in [0, 0.1) is 15.9 Å². The zero-order chi connectivity index (χ0) is 19.6. The lowest BCUT2D eigenvalue weighted by Crippen LogP contribution is -2.25. The van der Waals surface area contributed by atoms with Crippen LogP contribution < -0.4 is 15.4 Å². The summed E-state index contributed by atoms with van der Waals surface area (Å²) in [5, 5.41) is 16.9. The van der Waals surface area contributed by atoms with E-state index in [2.05, 4.69) is 10.6 Å². The van der Waals surface area contributed by atoms with Crippen molar-refractivity contribution in [3.05, 3.63) is 57.4 Å². The molecule has 1 aliphatic rings. The third-order valence-electron chi connectivity index (χ3n) is 4.01. The van der Waals surface area contributed by atoms with E-state index in [1.54, 1.807) is 12.1 Å².